The average Bonchev–Trinajstić information content (AvgIpc) is 2.31. The van der Waals surface area contributed by atoms with Crippen LogP contribution < -0.4 is 10.0 Å². The van der Waals surface area contributed by atoms with Gasteiger partial charge in [0.05, 0.1) is 5.75 Å². The molecule has 102 valence electrons. The zero-order chi connectivity index (χ0) is 13.4. The lowest BCUT2D eigenvalue weighted by molar-refractivity contribution is 0.593. The molecule has 0 saturated carbocycles. The van der Waals surface area contributed by atoms with Crippen LogP contribution in [-0.4, -0.2) is 27.3 Å². The molecule has 1 rings (SSSR count). The molecule has 4 nitrogen and oxygen atoms in total. The predicted molar refractivity (Wildman–Crippen MR) is 79.3 cm³/mol. The van der Waals surface area contributed by atoms with Gasteiger partial charge in [0.15, 0.2) is 0 Å². The molecule has 0 radical (unpaired) electrons. The lowest BCUT2D eigenvalue weighted by Gasteiger charge is -2.08. The first kappa shape index (κ1) is 15.5. The van der Waals surface area contributed by atoms with Gasteiger partial charge in [-0.1, -0.05) is 22.9 Å². The number of halogens is 1. The van der Waals surface area contributed by atoms with Crippen molar-refractivity contribution < 1.29 is 8.42 Å². The van der Waals surface area contributed by atoms with E-state index in [1.807, 2.05) is 0 Å². The normalized spacial score (nSPS) is 11.4. The van der Waals surface area contributed by atoms with Crippen molar-refractivity contribution in [3.05, 3.63) is 28.7 Å². The molecule has 0 bridgehead atoms. The Balaban J connectivity index is 2.37. The highest BCUT2D eigenvalue weighted by Crippen LogP contribution is 2.15. The Labute approximate surface area is 117 Å². The van der Waals surface area contributed by atoms with Gasteiger partial charge < -0.3 is 5.32 Å². The van der Waals surface area contributed by atoms with E-state index in [1.165, 1.54) is 0 Å². The van der Waals surface area contributed by atoms with E-state index in [4.69, 9.17) is 0 Å². The van der Waals surface area contributed by atoms with Crippen molar-refractivity contribution in [3.8, 4) is 0 Å². The molecule has 0 unspecified atom stereocenters. The van der Waals surface area contributed by atoms with E-state index < -0.39 is 10.0 Å². The van der Waals surface area contributed by atoms with Crippen LogP contribution in [0.2, 0.25) is 0 Å². The van der Waals surface area contributed by atoms with E-state index in [0.29, 0.717) is 12.1 Å². The van der Waals surface area contributed by atoms with Crippen LogP contribution in [0.25, 0.3) is 0 Å². The second kappa shape index (κ2) is 7.76. The molecule has 0 fully saturated rings. The summed E-state index contributed by atoms with van der Waals surface area (Å²) in [5, 5.41) is 3.18. The van der Waals surface area contributed by atoms with Gasteiger partial charge in [0.2, 0.25) is 10.0 Å². The van der Waals surface area contributed by atoms with Crippen LogP contribution >= 0.6 is 15.9 Å². The van der Waals surface area contributed by atoms with Crippen LogP contribution in [0.15, 0.2) is 28.7 Å². The number of sulfonamides is 1. The molecule has 0 atom stereocenters. The van der Waals surface area contributed by atoms with Crippen LogP contribution in [0.3, 0.4) is 0 Å². The van der Waals surface area contributed by atoms with Gasteiger partial charge in [-0.2, -0.15) is 0 Å². The maximum Gasteiger partial charge on any atom is 0.232 e. The fourth-order valence-corrected chi connectivity index (χ4v) is 2.82. The Bertz CT molecular complexity index is 446. The molecular formula is C12H19BrN2O2S. The third-order valence-electron chi connectivity index (χ3n) is 2.31. The van der Waals surface area contributed by atoms with Crippen LogP contribution in [-0.2, 0) is 10.0 Å². The molecule has 0 amide bonds. The minimum atomic E-state index is -3.24. The molecule has 0 spiro atoms. The summed E-state index contributed by atoms with van der Waals surface area (Å²) in [6.07, 6.45) is 1.68. The standard InChI is InChI=1S/C12H19BrN2O2S/c1-2-8-14-9-3-10-18(16,17)15-12-6-4-11(13)5-7-12/h4-7,14-15H,2-3,8-10H2,1H3. The number of anilines is 1. The minimum absolute atomic E-state index is 0.139. The maximum absolute atomic E-state index is 11.8. The van der Waals surface area contributed by atoms with Crippen molar-refractivity contribution >= 4 is 31.6 Å². The average molecular weight is 335 g/mol. The monoisotopic (exact) mass is 334 g/mol. The molecule has 1 aromatic rings. The van der Waals surface area contributed by atoms with Gasteiger partial charge in [-0.3, -0.25) is 4.72 Å². The summed E-state index contributed by atoms with van der Waals surface area (Å²) in [6.45, 7) is 3.74. The summed E-state index contributed by atoms with van der Waals surface area (Å²) in [4.78, 5) is 0. The molecule has 0 aliphatic rings. The van der Waals surface area contributed by atoms with Crippen LogP contribution in [0, 0.1) is 0 Å². The third kappa shape index (κ3) is 6.37. The molecule has 1 aromatic carbocycles. The fourth-order valence-electron chi connectivity index (χ4n) is 1.44. The highest BCUT2D eigenvalue weighted by atomic mass is 79.9. The molecule has 0 aliphatic heterocycles. The molecule has 2 N–H and O–H groups in total. The number of nitrogens with one attached hydrogen (secondary N) is 2. The van der Waals surface area contributed by atoms with Gasteiger partial charge in [-0.15, -0.1) is 0 Å². The fraction of sp³-hybridized carbons (Fsp3) is 0.500. The highest BCUT2D eigenvalue weighted by Gasteiger charge is 2.09. The summed E-state index contributed by atoms with van der Waals surface area (Å²) in [5.74, 6) is 0.139. The number of hydrogen-bond donors (Lipinski definition) is 2. The van der Waals surface area contributed by atoms with Crippen molar-refractivity contribution in [3.63, 3.8) is 0 Å². The van der Waals surface area contributed by atoms with Gasteiger partial charge in [0.1, 0.15) is 0 Å². The van der Waals surface area contributed by atoms with Crippen molar-refractivity contribution in [2.75, 3.05) is 23.6 Å². The van der Waals surface area contributed by atoms with E-state index in [-0.39, 0.29) is 5.75 Å². The van der Waals surface area contributed by atoms with E-state index in [1.54, 1.807) is 24.3 Å². The first-order valence-electron chi connectivity index (χ1n) is 6.00. The molecule has 0 aromatic heterocycles. The largest absolute Gasteiger partial charge is 0.317 e. The Morgan fingerprint density at radius 3 is 2.44 bits per heavy atom. The van der Waals surface area contributed by atoms with E-state index in [2.05, 4.69) is 32.9 Å². The first-order chi connectivity index (χ1) is 8.53. The molecule has 0 saturated heterocycles. The van der Waals surface area contributed by atoms with Crippen molar-refractivity contribution in [1.29, 1.82) is 0 Å². The van der Waals surface area contributed by atoms with Crippen molar-refractivity contribution in [2.45, 2.75) is 19.8 Å². The quantitative estimate of drug-likeness (QED) is 0.718. The molecule has 18 heavy (non-hydrogen) atoms. The SMILES string of the molecule is CCCNCCCS(=O)(=O)Nc1ccc(Br)cc1. The topological polar surface area (TPSA) is 58.2 Å². The molecule has 0 aliphatic carbocycles. The Hall–Kier alpha value is -0.590. The van der Waals surface area contributed by atoms with Gasteiger partial charge in [-0.05, 0) is 50.2 Å². The lowest BCUT2D eigenvalue weighted by Crippen LogP contribution is -2.22. The smallest absolute Gasteiger partial charge is 0.232 e. The summed E-state index contributed by atoms with van der Waals surface area (Å²) in [6, 6.07) is 7.08. The molecular weight excluding hydrogens is 316 g/mol. The second-order valence-electron chi connectivity index (χ2n) is 4.03. The Morgan fingerprint density at radius 2 is 1.83 bits per heavy atom. The van der Waals surface area contributed by atoms with Crippen LogP contribution in [0.1, 0.15) is 19.8 Å². The number of benzene rings is 1. The van der Waals surface area contributed by atoms with Crippen LogP contribution in [0.4, 0.5) is 5.69 Å². The summed E-state index contributed by atoms with van der Waals surface area (Å²) >= 11 is 3.31. The van der Waals surface area contributed by atoms with E-state index in [0.717, 1.165) is 24.0 Å². The molecule has 0 heterocycles. The maximum atomic E-state index is 11.8. The van der Waals surface area contributed by atoms with Gasteiger partial charge in [-0.25, -0.2) is 8.42 Å². The zero-order valence-corrected chi connectivity index (χ0v) is 12.9. The summed E-state index contributed by atoms with van der Waals surface area (Å²) in [7, 11) is -3.24. The minimum Gasteiger partial charge on any atom is -0.317 e. The Kier molecular flexibility index (Phi) is 6.67. The highest BCUT2D eigenvalue weighted by molar-refractivity contribution is 9.10. The van der Waals surface area contributed by atoms with Crippen molar-refractivity contribution in [1.82, 2.24) is 5.32 Å². The number of rotatable bonds is 8. The first-order valence-corrected chi connectivity index (χ1v) is 8.45. The molecule has 6 heteroatoms. The lowest BCUT2D eigenvalue weighted by atomic mass is 10.3. The Morgan fingerprint density at radius 1 is 1.17 bits per heavy atom. The van der Waals surface area contributed by atoms with Crippen LogP contribution in [0.5, 0.6) is 0 Å². The van der Waals surface area contributed by atoms with Gasteiger partial charge in [0, 0.05) is 10.2 Å². The second-order valence-corrected chi connectivity index (χ2v) is 6.79. The summed E-state index contributed by atoms with van der Waals surface area (Å²) < 4.78 is 27.0. The van der Waals surface area contributed by atoms with E-state index >= 15 is 0 Å². The predicted octanol–water partition coefficient (Wildman–Crippen LogP) is 2.58. The third-order valence-corrected chi connectivity index (χ3v) is 4.21. The van der Waals surface area contributed by atoms with Crippen molar-refractivity contribution in [2.24, 2.45) is 0 Å². The van der Waals surface area contributed by atoms with E-state index in [9.17, 15) is 8.42 Å². The summed E-state index contributed by atoms with van der Waals surface area (Å²) in [5.41, 5.74) is 0.597. The van der Waals surface area contributed by atoms with Gasteiger partial charge in [0.25, 0.3) is 0 Å². The number of hydrogen-bond acceptors (Lipinski definition) is 3. The zero-order valence-electron chi connectivity index (χ0n) is 10.4. The van der Waals surface area contributed by atoms with Gasteiger partial charge >= 0.3 is 0 Å².